The van der Waals surface area contributed by atoms with E-state index in [1.165, 1.54) is 0 Å². The van der Waals surface area contributed by atoms with Gasteiger partial charge < -0.3 is 16.8 Å². The van der Waals surface area contributed by atoms with E-state index in [1.54, 1.807) is 0 Å². The number of nitrogens with two attached hydrogens (primary N) is 2. The highest BCUT2D eigenvalue weighted by atomic mass is 35.5. The van der Waals surface area contributed by atoms with Crippen LogP contribution in [0.2, 0.25) is 0 Å². The number of primary amides is 1. The summed E-state index contributed by atoms with van der Waals surface area (Å²) >= 11 is 0. The Balaban J connectivity index is 0.00000225. The van der Waals surface area contributed by atoms with Crippen molar-refractivity contribution < 1.29 is 9.59 Å². The Morgan fingerprint density at radius 3 is 2.31 bits per heavy atom. The Morgan fingerprint density at radius 1 is 1.44 bits per heavy atom. The molecule has 5 nitrogen and oxygen atoms in total. The van der Waals surface area contributed by atoms with E-state index in [0.717, 1.165) is 19.3 Å². The van der Waals surface area contributed by atoms with Gasteiger partial charge in [-0.25, -0.2) is 0 Å². The highest BCUT2D eigenvalue weighted by molar-refractivity contribution is 5.85. The first-order chi connectivity index (χ1) is 6.99. The average Bonchev–Trinajstić information content (AvgIpc) is 2.12. The molecule has 0 aromatic heterocycles. The molecule has 0 spiro atoms. The van der Waals surface area contributed by atoms with Crippen LogP contribution < -0.4 is 16.8 Å². The van der Waals surface area contributed by atoms with Crippen molar-refractivity contribution in [2.45, 2.75) is 50.6 Å². The van der Waals surface area contributed by atoms with E-state index in [-0.39, 0.29) is 30.6 Å². The number of carbonyl (C=O) groups excluding carboxylic acids is 2. The summed E-state index contributed by atoms with van der Waals surface area (Å²) in [5.41, 5.74) is 10.3. The minimum absolute atomic E-state index is 0. The lowest BCUT2D eigenvalue weighted by Gasteiger charge is -2.42. The van der Waals surface area contributed by atoms with Crippen molar-refractivity contribution in [2.24, 2.45) is 11.5 Å². The number of nitrogens with one attached hydrogen (secondary N) is 1. The summed E-state index contributed by atoms with van der Waals surface area (Å²) in [5, 5.41) is 2.85. The molecular weight excluding hydrogens is 230 g/mol. The summed E-state index contributed by atoms with van der Waals surface area (Å²) in [5.74, 6) is -0.557. The first-order valence-corrected chi connectivity index (χ1v) is 5.35. The number of halogens is 1. The predicted molar refractivity (Wildman–Crippen MR) is 64.1 cm³/mol. The van der Waals surface area contributed by atoms with Crippen LogP contribution in [-0.2, 0) is 9.59 Å². The highest BCUT2D eigenvalue weighted by Gasteiger charge is 2.40. The molecule has 0 aromatic carbocycles. The number of rotatable bonds is 5. The second kappa shape index (κ2) is 6.06. The first kappa shape index (κ1) is 15.2. The van der Waals surface area contributed by atoms with Crippen LogP contribution in [0.1, 0.15) is 39.0 Å². The Kier molecular flexibility index (Phi) is 5.75. The van der Waals surface area contributed by atoms with Crippen molar-refractivity contribution in [3.8, 4) is 0 Å². The van der Waals surface area contributed by atoms with Crippen LogP contribution in [0.25, 0.3) is 0 Å². The molecule has 1 aliphatic carbocycles. The molecule has 1 saturated carbocycles. The van der Waals surface area contributed by atoms with Crippen LogP contribution in [0.3, 0.4) is 0 Å². The largest absolute Gasteiger partial charge is 0.370 e. The van der Waals surface area contributed by atoms with Gasteiger partial charge in [0.25, 0.3) is 0 Å². The van der Waals surface area contributed by atoms with Crippen molar-refractivity contribution in [1.29, 1.82) is 0 Å². The minimum Gasteiger partial charge on any atom is -0.370 e. The molecule has 94 valence electrons. The summed E-state index contributed by atoms with van der Waals surface area (Å²) in [6.45, 7) is 1.85. The summed E-state index contributed by atoms with van der Waals surface area (Å²) in [6.07, 6.45) is 3.47. The van der Waals surface area contributed by atoms with Gasteiger partial charge in [-0.1, -0.05) is 6.92 Å². The van der Waals surface area contributed by atoms with Crippen LogP contribution in [0.15, 0.2) is 0 Å². The molecule has 0 heterocycles. The van der Waals surface area contributed by atoms with E-state index in [4.69, 9.17) is 11.5 Å². The topological polar surface area (TPSA) is 98.2 Å². The van der Waals surface area contributed by atoms with Crippen LogP contribution in [-0.4, -0.2) is 23.4 Å². The fourth-order valence-corrected chi connectivity index (χ4v) is 1.82. The van der Waals surface area contributed by atoms with Gasteiger partial charge in [-0.05, 0) is 25.7 Å². The second-order valence-corrected chi connectivity index (χ2v) is 4.28. The molecule has 1 rings (SSSR count). The maximum absolute atomic E-state index is 11.6. The molecule has 1 atom stereocenters. The van der Waals surface area contributed by atoms with E-state index < -0.39 is 11.6 Å². The average molecular weight is 250 g/mol. The van der Waals surface area contributed by atoms with Crippen molar-refractivity contribution in [3.05, 3.63) is 0 Å². The molecule has 6 heteroatoms. The van der Waals surface area contributed by atoms with Gasteiger partial charge in [0, 0.05) is 12.0 Å². The van der Waals surface area contributed by atoms with Crippen molar-refractivity contribution in [3.63, 3.8) is 0 Å². The SMILES string of the molecule is CC[C@H](N)C(=O)NC1(CC(N)=O)CCC1.Cl. The molecule has 0 unspecified atom stereocenters. The predicted octanol–water partition coefficient (Wildman–Crippen LogP) is 0.0598. The lowest BCUT2D eigenvalue weighted by molar-refractivity contribution is -0.127. The maximum Gasteiger partial charge on any atom is 0.237 e. The van der Waals surface area contributed by atoms with Crippen molar-refractivity contribution in [1.82, 2.24) is 5.32 Å². The van der Waals surface area contributed by atoms with Gasteiger partial charge in [0.15, 0.2) is 0 Å². The fourth-order valence-electron chi connectivity index (χ4n) is 1.82. The van der Waals surface area contributed by atoms with Gasteiger partial charge >= 0.3 is 0 Å². The Bertz CT molecular complexity index is 267. The third-order valence-corrected chi connectivity index (χ3v) is 2.99. The van der Waals surface area contributed by atoms with E-state index in [9.17, 15) is 9.59 Å². The lowest BCUT2D eigenvalue weighted by atomic mass is 9.74. The molecule has 0 aliphatic heterocycles. The normalized spacial score (nSPS) is 18.9. The van der Waals surface area contributed by atoms with Crippen LogP contribution >= 0.6 is 12.4 Å². The van der Waals surface area contributed by atoms with E-state index in [2.05, 4.69) is 5.32 Å². The molecule has 2 amide bonds. The van der Waals surface area contributed by atoms with Gasteiger partial charge in [0.05, 0.1) is 6.04 Å². The minimum atomic E-state index is -0.490. The zero-order valence-corrected chi connectivity index (χ0v) is 10.3. The number of amides is 2. The Morgan fingerprint density at radius 2 is 2.00 bits per heavy atom. The van der Waals surface area contributed by atoms with E-state index in [0.29, 0.717) is 6.42 Å². The zero-order chi connectivity index (χ0) is 11.5. The summed E-state index contributed by atoms with van der Waals surface area (Å²) in [7, 11) is 0. The fraction of sp³-hybridized carbons (Fsp3) is 0.800. The molecule has 0 radical (unpaired) electrons. The number of hydrogen-bond donors (Lipinski definition) is 3. The molecule has 1 aliphatic rings. The van der Waals surface area contributed by atoms with Crippen molar-refractivity contribution >= 4 is 24.2 Å². The van der Waals surface area contributed by atoms with Gasteiger partial charge in [-0.3, -0.25) is 9.59 Å². The number of carbonyl (C=O) groups is 2. The zero-order valence-electron chi connectivity index (χ0n) is 9.49. The quantitative estimate of drug-likeness (QED) is 0.643. The van der Waals surface area contributed by atoms with Gasteiger partial charge in [-0.2, -0.15) is 0 Å². The molecule has 1 fully saturated rings. The lowest BCUT2D eigenvalue weighted by Crippen LogP contribution is -2.58. The van der Waals surface area contributed by atoms with Crippen LogP contribution in [0.4, 0.5) is 0 Å². The maximum atomic E-state index is 11.6. The van der Waals surface area contributed by atoms with Gasteiger partial charge in [-0.15, -0.1) is 12.4 Å². The third kappa shape index (κ3) is 3.64. The molecule has 0 saturated heterocycles. The second-order valence-electron chi connectivity index (χ2n) is 4.28. The molecule has 0 bridgehead atoms. The summed E-state index contributed by atoms with van der Waals surface area (Å²) in [4.78, 5) is 22.4. The smallest absolute Gasteiger partial charge is 0.237 e. The first-order valence-electron chi connectivity index (χ1n) is 5.35. The monoisotopic (exact) mass is 249 g/mol. The van der Waals surface area contributed by atoms with Crippen LogP contribution in [0, 0.1) is 0 Å². The Hall–Kier alpha value is -0.810. The summed E-state index contributed by atoms with van der Waals surface area (Å²) in [6, 6.07) is -0.490. The van der Waals surface area contributed by atoms with Crippen LogP contribution in [0.5, 0.6) is 0 Å². The standard InChI is InChI=1S/C10H19N3O2.ClH/c1-2-7(11)9(15)13-10(4-3-5-10)6-8(12)14;/h7H,2-6,11H2,1H3,(H2,12,14)(H,13,15);1H/t7-;/m0./s1. The molecule has 16 heavy (non-hydrogen) atoms. The molecular formula is C10H20ClN3O2. The van der Waals surface area contributed by atoms with E-state index >= 15 is 0 Å². The van der Waals surface area contributed by atoms with Gasteiger partial charge in [0.2, 0.25) is 11.8 Å². The number of hydrogen-bond acceptors (Lipinski definition) is 3. The molecule has 5 N–H and O–H groups in total. The summed E-state index contributed by atoms with van der Waals surface area (Å²) < 4.78 is 0. The highest BCUT2D eigenvalue weighted by Crippen LogP contribution is 2.34. The Labute approximate surface area is 102 Å². The van der Waals surface area contributed by atoms with Gasteiger partial charge in [0.1, 0.15) is 0 Å². The van der Waals surface area contributed by atoms with E-state index in [1.807, 2.05) is 6.92 Å². The third-order valence-electron chi connectivity index (χ3n) is 2.99. The van der Waals surface area contributed by atoms with Crippen molar-refractivity contribution in [2.75, 3.05) is 0 Å². The molecule has 0 aromatic rings.